The van der Waals surface area contributed by atoms with E-state index in [1.54, 1.807) is 18.2 Å². The molecule has 0 heterocycles. The van der Waals surface area contributed by atoms with Crippen molar-refractivity contribution >= 4 is 23.5 Å². The largest absolute Gasteiger partial charge is 0.496 e. The Hall–Kier alpha value is -1.75. The van der Waals surface area contributed by atoms with Crippen molar-refractivity contribution in [1.82, 2.24) is 5.32 Å². The van der Waals surface area contributed by atoms with E-state index in [1.165, 1.54) is 7.11 Å². The monoisotopic (exact) mass is 327 g/mol. The number of rotatable bonds is 7. The van der Waals surface area contributed by atoms with Crippen molar-refractivity contribution in [3.63, 3.8) is 0 Å². The van der Waals surface area contributed by atoms with Crippen LogP contribution < -0.4 is 10.1 Å². The number of halogens is 1. The quantitative estimate of drug-likeness (QED) is 0.782. The molecule has 0 spiro atoms. The number of hydrogen-bond acceptors (Lipinski definition) is 4. The summed E-state index contributed by atoms with van der Waals surface area (Å²) in [5.41, 5.74) is 0.300. The van der Waals surface area contributed by atoms with Gasteiger partial charge < -0.3 is 14.8 Å². The van der Waals surface area contributed by atoms with Crippen LogP contribution in [0.2, 0.25) is 5.02 Å². The summed E-state index contributed by atoms with van der Waals surface area (Å²) in [5.74, 6) is -0.277. The second kappa shape index (κ2) is 8.03. The summed E-state index contributed by atoms with van der Waals surface area (Å²) in [7, 11) is 1.51. The summed E-state index contributed by atoms with van der Waals surface area (Å²) in [4.78, 5) is 23.5. The molecule has 5 nitrogen and oxygen atoms in total. The zero-order chi connectivity index (χ0) is 16.8. The Morgan fingerprint density at radius 3 is 2.59 bits per heavy atom. The van der Waals surface area contributed by atoms with E-state index in [0.29, 0.717) is 16.3 Å². The van der Waals surface area contributed by atoms with Gasteiger partial charge in [0, 0.05) is 16.1 Å². The number of nitrogens with one attached hydrogen (secondary N) is 1. The Balaban J connectivity index is 2.54. The van der Waals surface area contributed by atoms with E-state index in [0.717, 1.165) is 6.42 Å². The van der Waals surface area contributed by atoms with Gasteiger partial charge in [0.2, 0.25) is 0 Å². The third kappa shape index (κ3) is 5.93. The molecule has 1 N–H and O–H groups in total. The SMILES string of the molecule is CCC(C)(C)NC(=O)COC(=O)Cc1cc(Cl)ccc1OC. The Morgan fingerprint density at radius 2 is 2.00 bits per heavy atom. The number of carbonyl (C=O) groups excluding carboxylic acids is 2. The van der Waals surface area contributed by atoms with Crippen LogP contribution in [0.5, 0.6) is 5.75 Å². The van der Waals surface area contributed by atoms with Gasteiger partial charge in [-0.2, -0.15) is 0 Å². The summed E-state index contributed by atoms with van der Waals surface area (Å²) in [6, 6.07) is 5.00. The minimum Gasteiger partial charge on any atom is -0.496 e. The Morgan fingerprint density at radius 1 is 1.32 bits per heavy atom. The van der Waals surface area contributed by atoms with Gasteiger partial charge in [-0.15, -0.1) is 0 Å². The molecule has 1 amide bonds. The average molecular weight is 328 g/mol. The highest BCUT2D eigenvalue weighted by molar-refractivity contribution is 6.30. The summed E-state index contributed by atoms with van der Waals surface area (Å²) in [6.45, 7) is 5.48. The van der Waals surface area contributed by atoms with Crippen molar-refractivity contribution in [3.05, 3.63) is 28.8 Å². The molecule has 0 aromatic heterocycles. The minimum atomic E-state index is -0.509. The van der Waals surface area contributed by atoms with E-state index in [-0.39, 0.29) is 24.5 Å². The lowest BCUT2D eigenvalue weighted by Crippen LogP contribution is -2.44. The molecule has 0 fully saturated rings. The van der Waals surface area contributed by atoms with Gasteiger partial charge in [-0.1, -0.05) is 18.5 Å². The van der Waals surface area contributed by atoms with Crippen molar-refractivity contribution < 1.29 is 19.1 Å². The fourth-order valence-corrected chi connectivity index (χ4v) is 1.93. The third-order valence-electron chi connectivity index (χ3n) is 3.30. The van der Waals surface area contributed by atoms with Crippen LogP contribution in [0.15, 0.2) is 18.2 Å². The van der Waals surface area contributed by atoms with Gasteiger partial charge in [-0.3, -0.25) is 9.59 Å². The molecule has 0 atom stereocenters. The standard InChI is InChI=1S/C16H22ClNO4/c1-5-16(2,3)18-14(19)10-22-15(20)9-11-8-12(17)6-7-13(11)21-4/h6-8H,5,9-10H2,1-4H3,(H,18,19). The number of ether oxygens (including phenoxy) is 2. The second-order valence-corrected chi connectivity index (χ2v) is 6.02. The summed E-state index contributed by atoms with van der Waals surface area (Å²) in [6.07, 6.45) is 0.778. The van der Waals surface area contributed by atoms with Gasteiger partial charge in [0.1, 0.15) is 5.75 Å². The minimum absolute atomic E-state index is 0.00577. The van der Waals surface area contributed by atoms with Crippen LogP contribution >= 0.6 is 11.6 Å². The lowest BCUT2D eigenvalue weighted by atomic mass is 10.0. The molecule has 0 aliphatic heterocycles. The molecule has 0 radical (unpaired) electrons. The molecule has 0 aliphatic rings. The number of amides is 1. The molecular weight excluding hydrogens is 306 g/mol. The summed E-state index contributed by atoms with van der Waals surface area (Å²) < 4.78 is 10.1. The number of benzene rings is 1. The average Bonchev–Trinajstić information content (AvgIpc) is 2.45. The van der Waals surface area contributed by atoms with E-state index < -0.39 is 5.97 Å². The predicted octanol–water partition coefficient (Wildman–Crippen LogP) is 2.74. The molecule has 1 rings (SSSR count). The van der Waals surface area contributed by atoms with Gasteiger partial charge in [0.25, 0.3) is 5.91 Å². The summed E-state index contributed by atoms with van der Waals surface area (Å²) in [5, 5.41) is 3.30. The van der Waals surface area contributed by atoms with E-state index >= 15 is 0 Å². The highest BCUT2D eigenvalue weighted by Gasteiger charge is 2.19. The fraction of sp³-hybridized carbons (Fsp3) is 0.500. The molecule has 0 saturated carbocycles. The molecule has 0 saturated heterocycles. The van der Waals surface area contributed by atoms with E-state index in [4.69, 9.17) is 21.1 Å². The molecule has 0 aliphatic carbocycles. The highest BCUT2D eigenvalue weighted by Crippen LogP contribution is 2.23. The summed E-state index contributed by atoms with van der Waals surface area (Å²) >= 11 is 5.90. The lowest BCUT2D eigenvalue weighted by molar-refractivity contribution is -0.148. The van der Waals surface area contributed by atoms with Crippen LogP contribution in [-0.4, -0.2) is 31.1 Å². The Bertz CT molecular complexity index is 543. The van der Waals surface area contributed by atoms with Crippen molar-refractivity contribution in [2.24, 2.45) is 0 Å². The Kier molecular flexibility index (Phi) is 6.68. The molecule has 6 heteroatoms. The first-order valence-electron chi connectivity index (χ1n) is 7.06. The van der Waals surface area contributed by atoms with Crippen molar-refractivity contribution in [3.8, 4) is 5.75 Å². The topological polar surface area (TPSA) is 64.6 Å². The van der Waals surface area contributed by atoms with Gasteiger partial charge in [-0.25, -0.2) is 0 Å². The lowest BCUT2D eigenvalue weighted by Gasteiger charge is -2.24. The first-order chi connectivity index (χ1) is 10.3. The van der Waals surface area contributed by atoms with Crippen LogP contribution in [0.25, 0.3) is 0 Å². The van der Waals surface area contributed by atoms with Gasteiger partial charge in [-0.05, 0) is 38.5 Å². The molecule has 122 valence electrons. The van der Waals surface area contributed by atoms with E-state index in [9.17, 15) is 9.59 Å². The number of methoxy groups -OCH3 is 1. The molecular formula is C16H22ClNO4. The molecule has 1 aromatic carbocycles. The maximum absolute atomic E-state index is 11.8. The maximum atomic E-state index is 11.8. The van der Waals surface area contributed by atoms with Crippen molar-refractivity contribution in [2.75, 3.05) is 13.7 Å². The second-order valence-electron chi connectivity index (χ2n) is 5.58. The van der Waals surface area contributed by atoms with Crippen LogP contribution in [0.4, 0.5) is 0 Å². The zero-order valence-electron chi connectivity index (χ0n) is 13.4. The molecule has 0 unspecified atom stereocenters. The Labute approximate surface area is 135 Å². The van der Waals surface area contributed by atoms with Gasteiger partial charge >= 0.3 is 5.97 Å². The zero-order valence-corrected chi connectivity index (χ0v) is 14.1. The van der Waals surface area contributed by atoms with Crippen LogP contribution in [0, 0.1) is 0 Å². The molecule has 22 heavy (non-hydrogen) atoms. The van der Waals surface area contributed by atoms with Gasteiger partial charge in [0.05, 0.1) is 13.5 Å². The van der Waals surface area contributed by atoms with E-state index in [1.807, 2.05) is 20.8 Å². The van der Waals surface area contributed by atoms with Crippen LogP contribution in [0.1, 0.15) is 32.8 Å². The smallest absolute Gasteiger partial charge is 0.310 e. The first kappa shape index (κ1) is 18.3. The highest BCUT2D eigenvalue weighted by atomic mass is 35.5. The third-order valence-corrected chi connectivity index (χ3v) is 3.54. The molecule has 0 bridgehead atoms. The van der Waals surface area contributed by atoms with Crippen molar-refractivity contribution in [1.29, 1.82) is 0 Å². The van der Waals surface area contributed by atoms with E-state index in [2.05, 4.69) is 5.32 Å². The molecule has 1 aromatic rings. The predicted molar refractivity (Wildman–Crippen MR) is 85.2 cm³/mol. The number of carbonyl (C=O) groups is 2. The van der Waals surface area contributed by atoms with Crippen molar-refractivity contribution in [2.45, 2.75) is 39.2 Å². The number of esters is 1. The van der Waals surface area contributed by atoms with Crippen LogP contribution in [-0.2, 0) is 20.7 Å². The normalized spacial score (nSPS) is 11.0. The van der Waals surface area contributed by atoms with Gasteiger partial charge in [0.15, 0.2) is 6.61 Å². The van der Waals surface area contributed by atoms with Crippen LogP contribution in [0.3, 0.4) is 0 Å². The fourth-order valence-electron chi connectivity index (χ4n) is 1.74. The number of hydrogen-bond donors (Lipinski definition) is 1. The first-order valence-corrected chi connectivity index (χ1v) is 7.44. The maximum Gasteiger partial charge on any atom is 0.310 e.